The molecule has 0 aliphatic rings. The minimum Gasteiger partial charge on any atom is -0.412 e. The van der Waals surface area contributed by atoms with Crippen molar-refractivity contribution in [2.24, 2.45) is 0 Å². The molecule has 0 aromatic carbocycles. The summed E-state index contributed by atoms with van der Waals surface area (Å²) in [6.07, 6.45) is -31.9. The molecule has 0 aliphatic heterocycles. The van der Waals surface area contributed by atoms with Gasteiger partial charge in [-0.3, -0.25) is 9.29 Å². The predicted molar refractivity (Wildman–Crippen MR) is 63.9 cm³/mol. The van der Waals surface area contributed by atoms with Gasteiger partial charge in [0.05, 0.1) is 0 Å². The fourth-order valence-electron chi connectivity index (χ4n) is 0.885. The van der Waals surface area contributed by atoms with Gasteiger partial charge < -0.3 is 10.2 Å². The lowest BCUT2D eigenvalue weighted by Crippen LogP contribution is -2.64. The van der Waals surface area contributed by atoms with E-state index < -0.39 is 63.9 Å². The summed E-state index contributed by atoms with van der Waals surface area (Å²) >= 11 is 0. The van der Waals surface area contributed by atoms with Gasteiger partial charge in [0.2, 0.25) is 0 Å². The highest BCUT2D eigenvalue weighted by Gasteiger charge is 2.82. The lowest BCUT2D eigenvalue weighted by atomic mass is 10.2. The summed E-state index contributed by atoms with van der Waals surface area (Å²) in [7, 11) is -7.39. The summed E-state index contributed by atoms with van der Waals surface area (Å²) in [4.78, 5) is 0. The maximum Gasteiger partial charge on any atom is 0.471 e. The van der Waals surface area contributed by atoms with E-state index in [1.807, 2.05) is 4.74 Å². The average Bonchev–Trinajstić information content (AvgIpc) is 2.51. The van der Waals surface area contributed by atoms with Crippen molar-refractivity contribution in [1.82, 2.24) is 0 Å². The molecule has 0 saturated carbocycles. The second-order valence-electron chi connectivity index (χ2n) is 4.38. The Morgan fingerprint density at radius 3 is 1.18 bits per heavy atom. The molecular formula is C9H3F17O6S. The second-order valence-corrected chi connectivity index (χ2v) is 5.84. The van der Waals surface area contributed by atoms with E-state index in [0.29, 0.717) is 0 Å². The molecule has 0 aromatic heterocycles. The monoisotopic (exact) mass is 562 g/mol. The summed E-state index contributed by atoms with van der Waals surface area (Å²) in [5.41, 5.74) is 0. The van der Waals surface area contributed by atoms with E-state index in [9.17, 15) is 83.1 Å². The van der Waals surface area contributed by atoms with E-state index in [4.69, 9.17) is 4.55 Å². The first-order valence-electron chi connectivity index (χ1n) is 6.00. The van der Waals surface area contributed by atoms with Gasteiger partial charge in [0.1, 0.15) is 0 Å². The molecule has 0 bridgehead atoms. The van der Waals surface area contributed by atoms with Gasteiger partial charge in [0.25, 0.3) is 0 Å². The molecule has 1 unspecified atom stereocenters. The van der Waals surface area contributed by atoms with Crippen LogP contribution >= 0.6 is 0 Å². The molecule has 33 heavy (non-hydrogen) atoms. The Labute approximate surface area is 167 Å². The van der Waals surface area contributed by atoms with E-state index in [-0.39, 0.29) is 5.48 Å². The number of halogens is 17. The molecular weight excluding hydrogens is 559 g/mol. The third-order valence-electron chi connectivity index (χ3n) is 2.18. The summed E-state index contributed by atoms with van der Waals surface area (Å²) in [5.74, 6) is -7.51. The molecule has 0 rings (SSSR count). The maximum absolute atomic E-state index is 13.4. The van der Waals surface area contributed by atoms with Crippen molar-refractivity contribution in [3.05, 3.63) is 24.3 Å². The molecule has 0 heterocycles. The molecule has 200 valence electrons. The highest BCUT2D eigenvalue weighted by molar-refractivity contribution is 7.86. The number of ether oxygens (including phenoxy) is 2. The largest absolute Gasteiger partial charge is 0.471 e. The van der Waals surface area contributed by atoms with Crippen molar-refractivity contribution in [3.63, 3.8) is 0 Å². The van der Waals surface area contributed by atoms with E-state index in [0.717, 1.165) is 0 Å². The second kappa shape index (κ2) is 10.9. The first-order valence-corrected chi connectivity index (χ1v) is 7.44. The fraction of sp³-hybridized carbons (Fsp3) is 0.556. The molecule has 0 aromatic rings. The minimum atomic E-state index is -7.53. The Bertz CT molecular complexity index is 810. The molecule has 0 aliphatic carbocycles. The van der Waals surface area contributed by atoms with Gasteiger partial charge in [-0.1, -0.05) is 0 Å². The highest BCUT2D eigenvalue weighted by atomic mass is 32.2. The quantitative estimate of drug-likeness (QED) is 0.264. The van der Waals surface area contributed by atoms with Crippen molar-refractivity contribution in [1.29, 1.82) is 0 Å². The van der Waals surface area contributed by atoms with E-state index >= 15 is 0 Å². The number of rotatable bonds is 7. The summed E-state index contributed by atoms with van der Waals surface area (Å²) in [6, 6.07) is -3.95. The van der Waals surface area contributed by atoms with Crippen LogP contribution in [-0.2, 0) is 19.6 Å². The molecule has 6 nitrogen and oxygen atoms in total. The molecule has 0 amide bonds. The summed E-state index contributed by atoms with van der Waals surface area (Å²) in [5, 5.41) is -7.15. The van der Waals surface area contributed by atoms with Gasteiger partial charge in [-0.05, 0) is 0 Å². The van der Waals surface area contributed by atoms with Gasteiger partial charge in [0, 0.05) is 0 Å². The van der Waals surface area contributed by atoms with Gasteiger partial charge >= 0.3 is 63.9 Å². The summed E-state index contributed by atoms with van der Waals surface area (Å²) in [6.45, 7) is 0. The zero-order chi connectivity index (χ0) is 26.7. The van der Waals surface area contributed by atoms with Crippen LogP contribution in [0, 0.1) is 0 Å². The smallest absolute Gasteiger partial charge is 0.412 e. The van der Waals surface area contributed by atoms with Crippen molar-refractivity contribution in [2.75, 3.05) is 0 Å². The van der Waals surface area contributed by atoms with Crippen LogP contribution in [0.2, 0.25) is 0 Å². The third kappa shape index (κ3) is 8.33. The van der Waals surface area contributed by atoms with Gasteiger partial charge in [-0.25, -0.2) is 0 Å². The predicted octanol–water partition coefficient (Wildman–Crippen LogP) is 5.12. The molecule has 0 spiro atoms. The molecule has 3 N–H and O–H groups in total. The first-order chi connectivity index (χ1) is 13.7. The number of alkyl halides is 10. The average molecular weight is 562 g/mol. The Hall–Kier alpha value is -2.08. The van der Waals surface area contributed by atoms with Crippen LogP contribution in [0.25, 0.3) is 0 Å². The van der Waals surface area contributed by atoms with Gasteiger partial charge in [-0.2, -0.15) is 83.1 Å². The van der Waals surface area contributed by atoms with Gasteiger partial charge in [-0.15, -0.1) is 0 Å². The van der Waals surface area contributed by atoms with E-state index in [2.05, 4.69) is 0 Å². The lowest BCUT2D eigenvalue weighted by molar-refractivity contribution is -0.510. The van der Waals surface area contributed by atoms with Crippen LogP contribution in [0.3, 0.4) is 0 Å². The third-order valence-corrected chi connectivity index (χ3v) is 3.07. The van der Waals surface area contributed by atoms with Gasteiger partial charge in [0.15, 0.2) is 0 Å². The Morgan fingerprint density at radius 1 is 0.636 bits per heavy atom. The van der Waals surface area contributed by atoms with Crippen molar-refractivity contribution < 1.29 is 103 Å². The maximum atomic E-state index is 13.4. The van der Waals surface area contributed by atoms with E-state index in [1.54, 1.807) is 0 Å². The molecule has 1 atom stereocenters. The number of hydrogen-bond acceptors (Lipinski definition) is 4. The van der Waals surface area contributed by atoms with Crippen molar-refractivity contribution >= 4 is 10.1 Å². The Kier molecular flexibility index (Phi) is 11.7. The highest BCUT2D eigenvalue weighted by Crippen LogP contribution is 2.53. The van der Waals surface area contributed by atoms with Crippen LogP contribution in [0.5, 0.6) is 0 Å². The summed E-state index contributed by atoms with van der Waals surface area (Å²) < 4.78 is 235. The first kappa shape index (κ1) is 35.5. The molecule has 0 fully saturated rings. The lowest BCUT2D eigenvalue weighted by Gasteiger charge is -2.36. The normalized spacial score (nSPS) is 14.7. The Morgan fingerprint density at radius 2 is 0.970 bits per heavy atom. The zero-order valence-electron chi connectivity index (χ0n) is 13.9. The number of hydrogen-bond donors (Lipinski definition) is 1. The standard InChI is InChI=1S/C7HF13O5S.C2F4.H2O/c8-1(9)2(10)24-5(15,16)3(11,4(12,13)14)25-6(17,18)7(19,20)26(21,22)23;3-1(4)2(5)6;/h(H,21,22,23);;1H2. The SMILES string of the molecule is FC(F)=C(F)F.O.O=S(=O)(O)C(F)(F)C(F)(F)OC(F)(C(F)(F)F)C(F)(F)OC(F)=C(F)F. The van der Waals surface area contributed by atoms with Crippen LogP contribution in [-0.4, -0.2) is 47.9 Å². The van der Waals surface area contributed by atoms with Crippen LogP contribution < -0.4 is 0 Å². The zero-order valence-corrected chi connectivity index (χ0v) is 14.7. The molecule has 0 radical (unpaired) electrons. The topological polar surface area (TPSA) is 104 Å². The fourth-order valence-corrected chi connectivity index (χ4v) is 1.23. The van der Waals surface area contributed by atoms with Crippen LogP contribution in [0.1, 0.15) is 0 Å². The van der Waals surface area contributed by atoms with E-state index in [1.165, 1.54) is 4.74 Å². The van der Waals surface area contributed by atoms with Crippen LogP contribution in [0.15, 0.2) is 24.3 Å². The molecule has 24 heteroatoms. The minimum absolute atomic E-state index is 0. The Balaban J connectivity index is -0.00000113. The molecule has 0 saturated heterocycles. The van der Waals surface area contributed by atoms with Crippen molar-refractivity contribution in [2.45, 2.75) is 29.5 Å². The van der Waals surface area contributed by atoms with Crippen LogP contribution in [0.4, 0.5) is 74.6 Å². The van der Waals surface area contributed by atoms with Crippen molar-refractivity contribution in [3.8, 4) is 0 Å².